The van der Waals surface area contributed by atoms with Crippen LogP contribution in [0.5, 0.6) is 0 Å². The van der Waals surface area contributed by atoms with Gasteiger partial charge in [0.2, 0.25) is 0 Å². The SMILES string of the molecule is CC(=O)OCCC(CC(CC(CC(CCOC(C)=O)OC(C)=O)OC(C)=O)OC(C)=O)OC(C)=O. The van der Waals surface area contributed by atoms with Crippen molar-refractivity contribution in [1.82, 2.24) is 0 Å². The van der Waals surface area contributed by atoms with Gasteiger partial charge in [0.1, 0.15) is 24.4 Å². The second-order valence-corrected chi connectivity index (χ2v) is 7.89. The molecular weight excluding hydrogens is 468 g/mol. The smallest absolute Gasteiger partial charge is 0.302 e. The van der Waals surface area contributed by atoms with E-state index in [0.717, 1.165) is 0 Å². The summed E-state index contributed by atoms with van der Waals surface area (Å²) in [7, 11) is 0. The van der Waals surface area contributed by atoms with Crippen LogP contribution in [0.4, 0.5) is 0 Å². The summed E-state index contributed by atoms with van der Waals surface area (Å²) < 4.78 is 31.1. The molecule has 12 nitrogen and oxygen atoms in total. The van der Waals surface area contributed by atoms with E-state index in [9.17, 15) is 28.8 Å². The summed E-state index contributed by atoms with van der Waals surface area (Å²) in [6.45, 7) is 7.29. The molecule has 0 aliphatic carbocycles. The van der Waals surface area contributed by atoms with E-state index in [1.54, 1.807) is 0 Å². The van der Waals surface area contributed by atoms with Crippen LogP contribution in [0.15, 0.2) is 0 Å². The van der Waals surface area contributed by atoms with Gasteiger partial charge >= 0.3 is 35.8 Å². The molecule has 12 heteroatoms. The van der Waals surface area contributed by atoms with Crippen molar-refractivity contribution in [3.63, 3.8) is 0 Å². The molecule has 0 radical (unpaired) electrons. The second kappa shape index (κ2) is 17.3. The Bertz CT molecular complexity index is 672. The highest BCUT2D eigenvalue weighted by atomic mass is 16.6. The van der Waals surface area contributed by atoms with E-state index in [4.69, 9.17) is 28.4 Å². The molecule has 0 aliphatic heterocycles. The third kappa shape index (κ3) is 18.9. The summed E-state index contributed by atoms with van der Waals surface area (Å²) in [5.41, 5.74) is 0. The minimum absolute atomic E-state index is 0.00974. The normalized spacial score (nSPS) is 13.9. The third-order valence-corrected chi connectivity index (χ3v) is 4.40. The van der Waals surface area contributed by atoms with Gasteiger partial charge in [-0.3, -0.25) is 28.8 Å². The zero-order chi connectivity index (χ0) is 27.0. The zero-order valence-electron chi connectivity index (χ0n) is 21.2. The lowest BCUT2D eigenvalue weighted by molar-refractivity contribution is -0.158. The lowest BCUT2D eigenvalue weighted by atomic mass is 9.98. The van der Waals surface area contributed by atoms with Crippen LogP contribution in [0.25, 0.3) is 0 Å². The van der Waals surface area contributed by atoms with Crippen LogP contribution >= 0.6 is 0 Å². The van der Waals surface area contributed by atoms with Gasteiger partial charge in [-0.25, -0.2) is 0 Å². The fourth-order valence-corrected chi connectivity index (χ4v) is 3.32. The summed E-state index contributed by atoms with van der Waals surface area (Å²) in [4.78, 5) is 68.6. The van der Waals surface area contributed by atoms with Crippen LogP contribution in [-0.4, -0.2) is 73.4 Å². The van der Waals surface area contributed by atoms with Crippen LogP contribution in [-0.2, 0) is 57.2 Å². The quantitative estimate of drug-likeness (QED) is 0.222. The Morgan fingerprint density at radius 2 is 0.686 bits per heavy atom. The molecular formula is C23H36O12. The molecule has 0 aromatic rings. The maximum Gasteiger partial charge on any atom is 0.302 e. The zero-order valence-corrected chi connectivity index (χ0v) is 21.2. The first kappa shape index (κ1) is 31.8. The average Bonchev–Trinajstić information content (AvgIpc) is 2.65. The molecule has 4 atom stereocenters. The monoisotopic (exact) mass is 504 g/mol. The lowest BCUT2D eigenvalue weighted by Crippen LogP contribution is -2.34. The highest BCUT2D eigenvalue weighted by molar-refractivity contribution is 5.68. The van der Waals surface area contributed by atoms with Gasteiger partial charge < -0.3 is 28.4 Å². The first-order valence-corrected chi connectivity index (χ1v) is 11.2. The van der Waals surface area contributed by atoms with Crippen molar-refractivity contribution in [3.8, 4) is 0 Å². The highest BCUT2D eigenvalue weighted by Gasteiger charge is 2.29. The number of ether oxygens (including phenoxy) is 6. The summed E-state index contributed by atoms with van der Waals surface area (Å²) in [5, 5.41) is 0. The van der Waals surface area contributed by atoms with E-state index in [1.165, 1.54) is 41.5 Å². The van der Waals surface area contributed by atoms with Crippen LogP contribution in [0, 0.1) is 0 Å². The summed E-state index contributed by atoms with van der Waals surface area (Å²) in [6, 6.07) is 0. The molecule has 0 saturated carbocycles. The fraction of sp³-hybridized carbons (Fsp3) is 0.739. The maximum atomic E-state index is 11.7. The third-order valence-electron chi connectivity index (χ3n) is 4.40. The van der Waals surface area contributed by atoms with Crippen LogP contribution in [0.1, 0.15) is 73.6 Å². The van der Waals surface area contributed by atoms with Gasteiger partial charge in [0.25, 0.3) is 0 Å². The number of carbonyl (C=O) groups excluding carboxylic acids is 6. The molecule has 0 fully saturated rings. The molecule has 0 saturated heterocycles. The molecule has 0 aromatic heterocycles. The highest BCUT2D eigenvalue weighted by Crippen LogP contribution is 2.22. The predicted octanol–water partition coefficient (Wildman–Crippen LogP) is 1.79. The molecule has 0 rings (SSSR count). The Kier molecular flexibility index (Phi) is 15.7. The number of hydrogen-bond donors (Lipinski definition) is 0. The Morgan fingerprint density at radius 3 is 0.943 bits per heavy atom. The number of rotatable bonds is 16. The molecule has 0 amide bonds. The Morgan fingerprint density at radius 1 is 0.429 bits per heavy atom. The molecule has 0 aromatic carbocycles. The fourth-order valence-electron chi connectivity index (χ4n) is 3.32. The molecule has 0 heterocycles. The van der Waals surface area contributed by atoms with Gasteiger partial charge in [-0.2, -0.15) is 0 Å². The van der Waals surface area contributed by atoms with Crippen LogP contribution in [0.2, 0.25) is 0 Å². The maximum absolute atomic E-state index is 11.7. The van der Waals surface area contributed by atoms with E-state index in [2.05, 4.69) is 0 Å². The lowest BCUT2D eigenvalue weighted by Gasteiger charge is -2.28. The van der Waals surface area contributed by atoms with E-state index in [-0.39, 0.29) is 45.3 Å². The van der Waals surface area contributed by atoms with Crippen molar-refractivity contribution in [3.05, 3.63) is 0 Å². The van der Waals surface area contributed by atoms with E-state index in [0.29, 0.717) is 0 Å². The Balaban J connectivity index is 5.53. The standard InChI is InChI=1S/C23H36O12/c1-14(24)30-9-7-20(32-16(3)26)11-22(34-18(5)28)13-23(35-19(6)29)12-21(33-17(4)27)8-10-31-15(2)25/h20-23H,7-13H2,1-6H3. The molecule has 0 spiro atoms. The summed E-state index contributed by atoms with van der Waals surface area (Å²) in [5.74, 6) is -3.35. The van der Waals surface area contributed by atoms with Gasteiger partial charge in [0, 0.05) is 73.6 Å². The average molecular weight is 505 g/mol. The van der Waals surface area contributed by atoms with Crippen molar-refractivity contribution < 1.29 is 57.2 Å². The van der Waals surface area contributed by atoms with E-state index >= 15 is 0 Å². The van der Waals surface area contributed by atoms with Crippen molar-refractivity contribution in [2.45, 2.75) is 98.1 Å². The Hall–Kier alpha value is -3.18. The molecule has 200 valence electrons. The molecule has 0 aliphatic rings. The minimum atomic E-state index is -0.843. The molecule has 4 unspecified atom stereocenters. The molecule has 35 heavy (non-hydrogen) atoms. The topological polar surface area (TPSA) is 158 Å². The minimum Gasteiger partial charge on any atom is -0.466 e. The molecule has 0 bridgehead atoms. The number of carbonyl (C=O) groups is 6. The van der Waals surface area contributed by atoms with Gasteiger partial charge in [-0.05, 0) is 0 Å². The van der Waals surface area contributed by atoms with Gasteiger partial charge in [-0.1, -0.05) is 0 Å². The van der Waals surface area contributed by atoms with Gasteiger partial charge in [-0.15, -0.1) is 0 Å². The summed E-state index contributed by atoms with van der Waals surface area (Å²) in [6.07, 6.45) is -2.76. The van der Waals surface area contributed by atoms with E-state index in [1.807, 2.05) is 0 Å². The number of hydrogen-bond acceptors (Lipinski definition) is 12. The van der Waals surface area contributed by atoms with Crippen LogP contribution in [0.3, 0.4) is 0 Å². The van der Waals surface area contributed by atoms with Crippen LogP contribution < -0.4 is 0 Å². The van der Waals surface area contributed by atoms with Crippen molar-refractivity contribution in [1.29, 1.82) is 0 Å². The summed E-state index contributed by atoms with van der Waals surface area (Å²) >= 11 is 0. The van der Waals surface area contributed by atoms with Gasteiger partial charge in [0.05, 0.1) is 13.2 Å². The van der Waals surface area contributed by atoms with Crippen molar-refractivity contribution in [2.75, 3.05) is 13.2 Å². The van der Waals surface area contributed by atoms with E-state index < -0.39 is 60.2 Å². The van der Waals surface area contributed by atoms with Crippen molar-refractivity contribution >= 4 is 35.8 Å². The van der Waals surface area contributed by atoms with Crippen molar-refractivity contribution in [2.24, 2.45) is 0 Å². The number of esters is 6. The molecule has 0 N–H and O–H groups in total. The first-order chi connectivity index (χ1) is 16.3. The van der Waals surface area contributed by atoms with Gasteiger partial charge in [0.15, 0.2) is 0 Å². The second-order valence-electron chi connectivity index (χ2n) is 7.89. The first-order valence-electron chi connectivity index (χ1n) is 11.2. The Labute approximate surface area is 204 Å². The predicted molar refractivity (Wildman–Crippen MR) is 119 cm³/mol. The largest absolute Gasteiger partial charge is 0.466 e.